The number of aliphatic hydroxyl groups is 7. The lowest BCUT2D eigenvalue weighted by Crippen LogP contribution is -2.67. The number of hydrogen-bond donors (Lipinski definition) is 8. The van der Waals surface area contributed by atoms with Gasteiger partial charge < -0.3 is 59.8 Å². The normalized spacial score (nSPS) is 54.5. The molecule has 19 atom stereocenters. The van der Waals surface area contributed by atoms with Gasteiger partial charge in [-0.1, -0.05) is 67.0 Å². The van der Waals surface area contributed by atoms with Crippen molar-refractivity contribution in [2.45, 2.75) is 187 Å². The van der Waals surface area contributed by atoms with Crippen molar-refractivity contribution in [2.24, 2.45) is 50.2 Å². The molecule has 0 aromatic heterocycles. The molecule has 6 fully saturated rings. The fraction of sp³-hybridized carbons (Fsp3) is 0.929. The Labute approximate surface area is 325 Å². The maximum atomic E-state index is 12.2. The van der Waals surface area contributed by atoms with E-state index >= 15 is 0 Å². The average Bonchev–Trinajstić information content (AvgIpc) is 3.10. The highest BCUT2D eigenvalue weighted by Gasteiger charge is 2.69. The largest absolute Gasteiger partial charge is 0.479 e. The Morgan fingerprint density at radius 2 is 1.44 bits per heavy atom. The van der Waals surface area contributed by atoms with Crippen molar-refractivity contribution in [1.29, 1.82) is 0 Å². The Bertz CT molecular complexity index is 1500. The third kappa shape index (κ3) is 6.23. The van der Waals surface area contributed by atoms with Crippen LogP contribution in [0.1, 0.15) is 113 Å². The molecule has 0 spiro atoms. The molecule has 7 aliphatic rings. The van der Waals surface area contributed by atoms with Gasteiger partial charge in [0.25, 0.3) is 0 Å². The molecule has 5 aliphatic carbocycles. The van der Waals surface area contributed by atoms with Gasteiger partial charge in [0.1, 0.15) is 42.7 Å². The predicted molar refractivity (Wildman–Crippen MR) is 198 cm³/mol. The second-order valence-electron chi connectivity index (χ2n) is 21.0. The van der Waals surface area contributed by atoms with E-state index in [1.165, 1.54) is 0 Å². The monoisotopic (exact) mass is 780 g/mol. The number of rotatable bonds is 6. The van der Waals surface area contributed by atoms with Crippen molar-refractivity contribution in [3.05, 3.63) is 11.6 Å². The van der Waals surface area contributed by atoms with Gasteiger partial charge in [0, 0.05) is 5.41 Å². The van der Waals surface area contributed by atoms with Gasteiger partial charge in [-0.25, -0.2) is 4.79 Å². The number of ether oxygens (including phenoxy) is 4. The lowest BCUT2D eigenvalue weighted by atomic mass is 9.33. The number of carboxylic acids is 1. The van der Waals surface area contributed by atoms with Gasteiger partial charge in [-0.15, -0.1) is 0 Å². The second-order valence-corrected chi connectivity index (χ2v) is 21.0. The maximum Gasteiger partial charge on any atom is 0.335 e. The van der Waals surface area contributed by atoms with Crippen LogP contribution in [0.3, 0.4) is 0 Å². The summed E-state index contributed by atoms with van der Waals surface area (Å²) in [5.41, 5.74) is 1.09. The zero-order valence-corrected chi connectivity index (χ0v) is 33.9. The van der Waals surface area contributed by atoms with E-state index in [-0.39, 0.29) is 39.1 Å². The number of carboxylic acid groups (broad SMARTS) is 1. The van der Waals surface area contributed by atoms with Crippen LogP contribution >= 0.6 is 0 Å². The summed E-state index contributed by atoms with van der Waals surface area (Å²) in [5, 5.41) is 84.6. The van der Waals surface area contributed by atoms with E-state index < -0.39 is 85.5 Å². The maximum absolute atomic E-state index is 12.2. The molecule has 0 aromatic rings. The highest BCUT2D eigenvalue weighted by Crippen LogP contribution is 2.76. The highest BCUT2D eigenvalue weighted by atomic mass is 16.8. The summed E-state index contributed by atoms with van der Waals surface area (Å²) >= 11 is 0. The number of aliphatic hydroxyl groups excluding tert-OH is 7. The molecule has 0 unspecified atom stereocenters. The number of hydrogen-bond acceptors (Lipinski definition) is 12. The van der Waals surface area contributed by atoms with Gasteiger partial charge in [-0.05, 0) is 103 Å². The van der Waals surface area contributed by atoms with Crippen LogP contribution in [-0.2, 0) is 23.7 Å². The Kier molecular flexibility index (Phi) is 10.6. The molecule has 7 rings (SSSR count). The van der Waals surface area contributed by atoms with Crippen LogP contribution in [0.5, 0.6) is 0 Å². The van der Waals surface area contributed by atoms with E-state index in [1.54, 1.807) is 5.57 Å². The summed E-state index contributed by atoms with van der Waals surface area (Å²) in [6.07, 6.45) is -6.63. The molecular weight excluding hydrogens is 712 g/mol. The van der Waals surface area contributed by atoms with Crippen LogP contribution in [0.25, 0.3) is 0 Å². The van der Waals surface area contributed by atoms with E-state index in [9.17, 15) is 45.6 Å². The first-order valence-corrected chi connectivity index (χ1v) is 20.7. The number of allylic oxidation sites excluding steroid dienone is 2. The predicted octanol–water partition coefficient (Wildman–Crippen LogP) is 2.88. The van der Waals surface area contributed by atoms with Gasteiger partial charge in [-0.2, -0.15) is 0 Å². The Hall–Kier alpha value is -1.23. The molecule has 13 heteroatoms. The van der Waals surface area contributed by atoms with Crippen molar-refractivity contribution in [2.75, 3.05) is 6.61 Å². The van der Waals surface area contributed by atoms with E-state index in [0.29, 0.717) is 18.3 Å². The van der Waals surface area contributed by atoms with E-state index in [2.05, 4.69) is 61.5 Å². The smallest absolute Gasteiger partial charge is 0.335 e. The third-order valence-electron chi connectivity index (χ3n) is 17.3. The van der Waals surface area contributed by atoms with Crippen LogP contribution in [0, 0.1) is 50.2 Å². The minimum absolute atomic E-state index is 0.00638. The Morgan fingerprint density at radius 3 is 2.09 bits per heavy atom. The molecule has 0 amide bonds. The number of fused-ring (bicyclic) bond motifs is 7. The molecule has 2 heterocycles. The van der Waals surface area contributed by atoms with Crippen molar-refractivity contribution < 1.29 is 64.6 Å². The van der Waals surface area contributed by atoms with Gasteiger partial charge in [-0.3, -0.25) is 0 Å². The second kappa shape index (κ2) is 13.9. The van der Waals surface area contributed by atoms with Crippen molar-refractivity contribution in [1.82, 2.24) is 0 Å². The molecule has 55 heavy (non-hydrogen) atoms. The summed E-state index contributed by atoms with van der Waals surface area (Å²) in [7, 11) is 0. The SMILES string of the molecule is CC1(C)C[C@@H](O)[C@]2(C)CC[C@]3(C)C(=CC[C@@H]4[C@@]5(C)CC[C@H](O[C@@H]6O[C@H](C(=O)O)[C@@H](O)[C@H](O)[C@H]6O[C@@H]6O[C@H](CO)[C@H](O)[C@H](O)[C@H]6O)C(C)(C)[C@H]5CC[C@]43C)[C@@H]2C1. The zero-order valence-electron chi connectivity index (χ0n) is 33.9. The van der Waals surface area contributed by atoms with Crippen molar-refractivity contribution in [3.63, 3.8) is 0 Å². The van der Waals surface area contributed by atoms with Crippen LogP contribution in [0.4, 0.5) is 0 Å². The topological polar surface area (TPSA) is 216 Å². The van der Waals surface area contributed by atoms with Crippen LogP contribution < -0.4 is 0 Å². The zero-order chi connectivity index (χ0) is 40.4. The standard InChI is InChI=1S/C42H68O13/c1-37(2)17-21-20-9-10-24-40(6)13-12-26(38(3,4)23(40)11-14-42(24,8)41(20,7)16-15-39(21,5)25(44)18-37)53-36-33(30(48)29(47)32(54-36)34(50)51)55-35-31(49)28(46)27(45)22(19-43)52-35/h9,21-33,35-36,43-49H,10-19H2,1-8H3,(H,50,51)/t21-,22+,23+,24+,25+,26-,27-,28-,29-,30-,31+,32-,33+,35-,36+,39+,40-,41+,42+/m0/s1. The molecule has 4 saturated carbocycles. The molecule has 2 saturated heterocycles. The molecule has 8 N–H and O–H groups in total. The van der Waals surface area contributed by atoms with Crippen LogP contribution in [-0.4, -0.2) is 127 Å². The first-order chi connectivity index (χ1) is 25.5. The first-order valence-electron chi connectivity index (χ1n) is 20.7. The van der Waals surface area contributed by atoms with Gasteiger partial charge >= 0.3 is 5.97 Å². The summed E-state index contributed by atoms with van der Waals surface area (Å²) in [6, 6.07) is 0. The lowest BCUT2D eigenvalue weighted by Gasteiger charge is -2.71. The van der Waals surface area contributed by atoms with Gasteiger partial charge in [0.2, 0.25) is 0 Å². The fourth-order valence-corrected chi connectivity index (χ4v) is 13.7. The Morgan fingerprint density at radius 1 is 0.745 bits per heavy atom. The van der Waals surface area contributed by atoms with Crippen molar-refractivity contribution in [3.8, 4) is 0 Å². The minimum atomic E-state index is -1.92. The summed E-state index contributed by atoms with van der Waals surface area (Å²) in [6.45, 7) is 18.1. The molecule has 13 nitrogen and oxygen atoms in total. The van der Waals surface area contributed by atoms with Gasteiger partial charge in [0.15, 0.2) is 18.7 Å². The first kappa shape index (κ1) is 41.9. The number of carbonyl (C=O) groups is 1. The van der Waals surface area contributed by atoms with Crippen LogP contribution in [0.15, 0.2) is 11.6 Å². The summed E-state index contributed by atoms with van der Waals surface area (Å²) in [4.78, 5) is 12.2. The van der Waals surface area contributed by atoms with E-state index in [0.717, 1.165) is 51.4 Å². The minimum Gasteiger partial charge on any atom is -0.479 e. The molecule has 0 bridgehead atoms. The molecule has 314 valence electrons. The lowest BCUT2D eigenvalue weighted by molar-refractivity contribution is -0.374. The van der Waals surface area contributed by atoms with E-state index in [4.69, 9.17) is 18.9 Å². The molecular formula is C42H68O13. The van der Waals surface area contributed by atoms with Crippen molar-refractivity contribution >= 4 is 5.97 Å². The highest BCUT2D eigenvalue weighted by molar-refractivity contribution is 5.73. The summed E-state index contributed by atoms with van der Waals surface area (Å²) < 4.78 is 24.0. The average molecular weight is 781 g/mol. The quantitative estimate of drug-likeness (QED) is 0.144. The number of aliphatic carboxylic acids is 1. The van der Waals surface area contributed by atoms with E-state index in [1.807, 2.05) is 0 Å². The molecule has 2 aliphatic heterocycles. The fourth-order valence-electron chi connectivity index (χ4n) is 13.7. The summed E-state index contributed by atoms with van der Waals surface area (Å²) in [5.74, 6) is -0.522. The third-order valence-corrected chi connectivity index (χ3v) is 17.3. The van der Waals surface area contributed by atoms with Gasteiger partial charge in [0.05, 0.1) is 18.8 Å². The van der Waals surface area contributed by atoms with Crippen LogP contribution in [0.2, 0.25) is 0 Å². The molecule has 0 radical (unpaired) electrons. The Balaban J connectivity index is 1.15. The molecule has 0 aromatic carbocycles.